The standard InChI is InChI=1S/C16H19F2NO4/c17-13(18)10-16(14(20)21)6-8-19(9-7-16)15(22)23-11-12-4-2-1-3-5-12/h1-5,13H,6-11H2,(H,20,21). The Morgan fingerprint density at radius 3 is 2.35 bits per heavy atom. The van der Waals surface area contributed by atoms with Gasteiger partial charge in [0, 0.05) is 19.5 Å². The van der Waals surface area contributed by atoms with Gasteiger partial charge in [-0.2, -0.15) is 0 Å². The summed E-state index contributed by atoms with van der Waals surface area (Å²) in [5, 5.41) is 9.25. The number of nitrogens with zero attached hydrogens (tertiary/aromatic N) is 1. The first-order valence-corrected chi connectivity index (χ1v) is 7.40. The van der Waals surface area contributed by atoms with Gasteiger partial charge < -0.3 is 14.7 Å². The van der Waals surface area contributed by atoms with Gasteiger partial charge in [-0.3, -0.25) is 4.79 Å². The molecule has 1 heterocycles. The molecule has 0 atom stereocenters. The molecule has 0 unspecified atom stereocenters. The van der Waals surface area contributed by atoms with Crippen LogP contribution in [-0.2, 0) is 16.1 Å². The van der Waals surface area contributed by atoms with Crippen molar-refractivity contribution >= 4 is 12.1 Å². The summed E-state index contributed by atoms with van der Waals surface area (Å²) in [6.45, 7) is 0.330. The monoisotopic (exact) mass is 327 g/mol. The minimum absolute atomic E-state index is 0.00705. The number of amides is 1. The summed E-state index contributed by atoms with van der Waals surface area (Å²) in [6.07, 6.45) is -3.90. The molecule has 0 radical (unpaired) electrons. The second-order valence-corrected chi connectivity index (χ2v) is 5.71. The smallest absolute Gasteiger partial charge is 0.410 e. The Labute approximate surface area is 132 Å². The maximum absolute atomic E-state index is 12.6. The topological polar surface area (TPSA) is 66.8 Å². The number of carbonyl (C=O) groups is 2. The molecule has 1 aliphatic rings. The van der Waals surface area contributed by atoms with Crippen LogP contribution < -0.4 is 0 Å². The van der Waals surface area contributed by atoms with E-state index in [4.69, 9.17) is 4.74 Å². The molecule has 126 valence electrons. The van der Waals surface area contributed by atoms with Gasteiger partial charge in [0.25, 0.3) is 0 Å². The molecule has 1 aromatic carbocycles. The quantitative estimate of drug-likeness (QED) is 0.902. The second-order valence-electron chi connectivity index (χ2n) is 5.71. The summed E-state index contributed by atoms with van der Waals surface area (Å²) >= 11 is 0. The lowest BCUT2D eigenvalue weighted by atomic mass is 9.76. The number of rotatable bonds is 5. The van der Waals surface area contributed by atoms with Crippen LogP contribution in [0.3, 0.4) is 0 Å². The van der Waals surface area contributed by atoms with Crippen LogP contribution in [0.15, 0.2) is 30.3 Å². The lowest BCUT2D eigenvalue weighted by molar-refractivity contribution is -0.155. The van der Waals surface area contributed by atoms with Crippen LogP contribution in [0.4, 0.5) is 13.6 Å². The number of aliphatic carboxylic acids is 1. The average molecular weight is 327 g/mol. The Hall–Kier alpha value is -2.18. The first-order chi connectivity index (χ1) is 10.9. The van der Waals surface area contributed by atoms with E-state index in [9.17, 15) is 23.5 Å². The largest absolute Gasteiger partial charge is 0.481 e. The molecule has 0 aromatic heterocycles. The second kappa shape index (κ2) is 7.39. The van der Waals surface area contributed by atoms with Crippen LogP contribution in [0.1, 0.15) is 24.8 Å². The molecular formula is C16H19F2NO4. The van der Waals surface area contributed by atoms with Crippen molar-refractivity contribution in [3.8, 4) is 0 Å². The fourth-order valence-corrected chi connectivity index (χ4v) is 2.73. The summed E-state index contributed by atoms with van der Waals surface area (Å²) in [5.74, 6) is -1.23. The fraction of sp³-hybridized carbons (Fsp3) is 0.500. The summed E-state index contributed by atoms with van der Waals surface area (Å²) < 4.78 is 30.4. The molecule has 1 aromatic rings. The van der Waals surface area contributed by atoms with Crippen LogP contribution in [0, 0.1) is 5.41 Å². The molecule has 1 fully saturated rings. The van der Waals surface area contributed by atoms with Gasteiger partial charge in [0.1, 0.15) is 6.61 Å². The third-order valence-electron chi connectivity index (χ3n) is 4.18. The van der Waals surface area contributed by atoms with Gasteiger partial charge in [0.2, 0.25) is 6.43 Å². The number of benzene rings is 1. The van der Waals surface area contributed by atoms with Crippen molar-refractivity contribution in [2.24, 2.45) is 5.41 Å². The van der Waals surface area contributed by atoms with E-state index < -0.39 is 30.3 Å². The van der Waals surface area contributed by atoms with Crippen molar-refractivity contribution in [3.05, 3.63) is 35.9 Å². The molecular weight excluding hydrogens is 308 g/mol. The summed E-state index contributed by atoms with van der Waals surface area (Å²) in [7, 11) is 0. The number of likely N-dealkylation sites (tertiary alicyclic amines) is 1. The van der Waals surface area contributed by atoms with Crippen LogP contribution in [0.5, 0.6) is 0 Å². The van der Waals surface area contributed by atoms with Gasteiger partial charge in [-0.1, -0.05) is 30.3 Å². The summed E-state index contributed by atoms with van der Waals surface area (Å²) in [4.78, 5) is 24.7. The lowest BCUT2D eigenvalue weighted by Crippen LogP contribution is -2.47. The number of alkyl halides is 2. The number of piperidine rings is 1. The van der Waals surface area contributed by atoms with E-state index in [0.717, 1.165) is 5.56 Å². The Morgan fingerprint density at radius 1 is 1.22 bits per heavy atom. The van der Waals surface area contributed by atoms with Crippen molar-refractivity contribution in [1.29, 1.82) is 0 Å². The van der Waals surface area contributed by atoms with Gasteiger partial charge in [-0.05, 0) is 18.4 Å². The number of ether oxygens (including phenoxy) is 1. The van der Waals surface area contributed by atoms with E-state index in [1.54, 1.807) is 0 Å². The third kappa shape index (κ3) is 4.40. The Kier molecular flexibility index (Phi) is 5.52. The van der Waals surface area contributed by atoms with Gasteiger partial charge in [0.05, 0.1) is 5.41 Å². The lowest BCUT2D eigenvalue weighted by Gasteiger charge is -2.38. The third-order valence-corrected chi connectivity index (χ3v) is 4.18. The first-order valence-electron chi connectivity index (χ1n) is 7.40. The SMILES string of the molecule is O=C(OCc1ccccc1)N1CCC(CC(F)F)(C(=O)O)CC1. The minimum Gasteiger partial charge on any atom is -0.481 e. The average Bonchev–Trinajstić information content (AvgIpc) is 2.53. The van der Waals surface area contributed by atoms with Gasteiger partial charge in [-0.15, -0.1) is 0 Å². The van der Waals surface area contributed by atoms with Crippen molar-refractivity contribution < 1.29 is 28.2 Å². The minimum atomic E-state index is -2.68. The van der Waals surface area contributed by atoms with E-state index in [0.29, 0.717) is 0 Å². The highest BCUT2D eigenvalue weighted by atomic mass is 19.3. The van der Waals surface area contributed by atoms with Gasteiger partial charge >= 0.3 is 12.1 Å². The van der Waals surface area contributed by atoms with Crippen molar-refractivity contribution in [2.75, 3.05) is 13.1 Å². The highest BCUT2D eigenvalue weighted by Gasteiger charge is 2.44. The molecule has 1 saturated heterocycles. The molecule has 0 spiro atoms. The maximum atomic E-state index is 12.6. The molecule has 0 aliphatic carbocycles. The Bertz CT molecular complexity index is 542. The first kappa shape index (κ1) is 17.2. The van der Waals surface area contributed by atoms with E-state index >= 15 is 0 Å². The number of hydrogen-bond acceptors (Lipinski definition) is 3. The van der Waals surface area contributed by atoms with Crippen LogP contribution in [-0.4, -0.2) is 41.6 Å². The fourth-order valence-electron chi connectivity index (χ4n) is 2.73. The normalized spacial score (nSPS) is 17.1. The zero-order valence-electron chi connectivity index (χ0n) is 12.6. The van der Waals surface area contributed by atoms with Crippen molar-refractivity contribution in [3.63, 3.8) is 0 Å². The van der Waals surface area contributed by atoms with Crippen molar-refractivity contribution in [1.82, 2.24) is 4.90 Å². The van der Waals surface area contributed by atoms with E-state index in [1.165, 1.54) is 4.90 Å². The van der Waals surface area contributed by atoms with Crippen molar-refractivity contribution in [2.45, 2.75) is 32.3 Å². The highest BCUT2D eigenvalue weighted by Crippen LogP contribution is 2.37. The molecule has 7 heteroatoms. The molecule has 23 heavy (non-hydrogen) atoms. The number of hydrogen-bond donors (Lipinski definition) is 1. The molecule has 0 bridgehead atoms. The van der Waals surface area contributed by atoms with Crippen LogP contribution in [0.25, 0.3) is 0 Å². The highest BCUT2D eigenvalue weighted by molar-refractivity contribution is 5.75. The molecule has 1 N–H and O–H groups in total. The zero-order chi connectivity index (χ0) is 16.9. The molecule has 0 saturated carbocycles. The van der Waals surface area contributed by atoms with Gasteiger partial charge in [0.15, 0.2) is 0 Å². The summed E-state index contributed by atoms with van der Waals surface area (Å²) in [6, 6.07) is 9.15. The van der Waals surface area contributed by atoms with E-state index in [-0.39, 0.29) is 32.5 Å². The molecule has 2 rings (SSSR count). The van der Waals surface area contributed by atoms with Crippen LogP contribution >= 0.6 is 0 Å². The van der Waals surface area contributed by atoms with E-state index in [2.05, 4.69) is 0 Å². The molecule has 1 amide bonds. The zero-order valence-corrected chi connectivity index (χ0v) is 12.6. The Morgan fingerprint density at radius 2 is 1.83 bits per heavy atom. The summed E-state index contributed by atoms with van der Waals surface area (Å²) in [5.41, 5.74) is -0.611. The predicted octanol–water partition coefficient (Wildman–Crippen LogP) is 3.15. The molecule has 1 aliphatic heterocycles. The number of carbonyl (C=O) groups excluding carboxylic acids is 1. The number of carboxylic acid groups (broad SMARTS) is 1. The van der Waals surface area contributed by atoms with Crippen LogP contribution in [0.2, 0.25) is 0 Å². The maximum Gasteiger partial charge on any atom is 0.410 e. The van der Waals surface area contributed by atoms with Gasteiger partial charge in [-0.25, -0.2) is 13.6 Å². The Balaban J connectivity index is 1.87. The van der Waals surface area contributed by atoms with E-state index in [1.807, 2.05) is 30.3 Å². The predicted molar refractivity (Wildman–Crippen MR) is 78.1 cm³/mol. The number of halogens is 2. The number of carboxylic acids is 1. The molecule has 5 nitrogen and oxygen atoms in total.